The number of hydrogen-bond acceptors (Lipinski definition) is 9. The summed E-state index contributed by atoms with van der Waals surface area (Å²) in [4.78, 5) is 32.9. The Morgan fingerprint density at radius 1 is 1.22 bits per heavy atom. The van der Waals surface area contributed by atoms with Crippen LogP contribution in [0.3, 0.4) is 0 Å². The fourth-order valence-corrected chi connectivity index (χ4v) is 4.66. The van der Waals surface area contributed by atoms with Crippen LogP contribution in [0.4, 0.5) is 10.5 Å². The van der Waals surface area contributed by atoms with Gasteiger partial charge in [-0.2, -0.15) is 14.3 Å². The summed E-state index contributed by atoms with van der Waals surface area (Å²) in [5.41, 5.74) is 1.05. The summed E-state index contributed by atoms with van der Waals surface area (Å²) in [6.45, 7) is 0.0242. The maximum absolute atomic E-state index is 12.5. The predicted molar refractivity (Wildman–Crippen MR) is 128 cm³/mol. The summed E-state index contributed by atoms with van der Waals surface area (Å²) >= 11 is 7.29. The maximum Gasteiger partial charge on any atom is 0.412 e. The molecule has 2 aliphatic carbocycles. The van der Waals surface area contributed by atoms with E-state index in [9.17, 15) is 14.7 Å². The van der Waals surface area contributed by atoms with Gasteiger partial charge in [-0.05, 0) is 55.1 Å². The molecule has 1 amide bonds. The normalized spacial score (nSPS) is 15.8. The van der Waals surface area contributed by atoms with Crippen LogP contribution in [0.1, 0.15) is 59.5 Å². The van der Waals surface area contributed by atoms with Crippen LogP contribution >= 0.6 is 23.1 Å². The molecule has 0 bridgehead atoms. The summed E-state index contributed by atoms with van der Waals surface area (Å²) in [7, 11) is 0. The van der Waals surface area contributed by atoms with Crippen molar-refractivity contribution in [3.05, 3.63) is 57.2 Å². The van der Waals surface area contributed by atoms with Crippen LogP contribution in [0.5, 0.6) is 0 Å². The van der Waals surface area contributed by atoms with Crippen LogP contribution in [-0.2, 0) is 21.6 Å². The van der Waals surface area contributed by atoms with E-state index < -0.39 is 17.5 Å². The van der Waals surface area contributed by atoms with E-state index in [0.29, 0.717) is 34.0 Å². The number of fused-ring (bicyclic) bond motifs is 1. The lowest BCUT2D eigenvalue weighted by Gasteiger charge is -2.08. The number of amides is 1. The molecule has 12 heteroatoms. The molecule has 2 N–H and O–H groups in total. The molecule has 3 aromatic heterocycles. The van der Waals surface area contributed by atoms with Crippen LogP contribution in [0.15, 0.2) is 33.1 Å². The fourth-order valence-electron chi connectivity index (χ4n) is 3.70. The van der Waals surface area contributed by atoms with E-state index in [0.717, 1.165) is 30.1 Å². The number of carbonyl (C=O) groups is 2. The lowest BCUT2D eigenvalue weighted by atomic mass is 10.1. The van der Waals surface area contributed by atoms with E-state index in [1.807, 2.05) is 6.07 Å². The van der Waals surface area contributed by atoms with Gasteiger partial charge in [0, 0.05) is 16.5 Å². The second-order valence-electron chi connectivity index (χ2n) is 8.63. The minimum Gasteiger partial charge on any atom is -0.480 e. The third-order valence-electron chi connectivity index (χ3n) is 6.05. The average molecular weight is 525 g/mol. The summed E-state index contributed by atoms with van der Waals surface area (Å²) in [5, 5.41) is 12.7. The van der Waals surface area contributed by atoms with Gasteiger partial charge >= 0.3 is 17.8 Å². The Labute approximate surface area is 212 Å². The number of oxazole rings is 2. The Balaban J connectivity index is 1.20. The Morgan fingerprint density at radius 3 is 2.72 bits per heavy atom. The molecule has 3 heterocycles. The van der Waals surface area contributed by atoms with Crippen LogP contribution in [-0.4, -0.2) is 31.5 Å². The van der Waals surface area contributed by atoms with Gasteiger partial charge in [-0.15, -0.1) is 0 Å². The highest BCUT2D eigenvalue weighted by atomic mass is 35.5. The van der Waals surface area contributed by atoms with Crippen molar-refractivity contribution in [2.24, 2.45) is 0 Å². The number of carboxylic acids is 1. The molecule has 2 saturated carbocycles. The number of nitrogens with one attached hydrogen (secondary N) is 1. The molecule has 2 aliphatic rings. The Kier molecular flexibility index (Phi) is 5.43. The molecule has 182 valence electrons. The Morgan fingerprint density at radius 2 is 2.03 bits per heavy atom. The number of hydrogen-bond donors (Lipinski definition) is 2. The molecule has 0 aliphatic heterocycles. The standard InChI is InChI=1S/C24H17ClN4O6S/c25-14-4-2-1-3-13(14)11-33-23(32)27-18-15(36-29-17(18)12-5-6-12)7-8-16-26-19-20(34-16)35-21(28-19)24(9-10-24)22(30)31/h1-4,12H,5-6,9-11H2,(H,27,32)(H,30,31). The minimum atomic E-state index is -1.09. The van der Waals surface area contributed by atoms with Gasteiger partial charge < -0.3 is 18.7 Å². The van der Waals surface area contributed by atoms with Crippen molar-refractivity contribution in [2.45, 2.75) is 43.6 Å². The highest BCUT2D eigenvalue weighted by molar-refractivity contribution is 7.07. The van der Waals surface area contributed by atoms with Gasteiger partial charge in [-0.3, -0.25) is 10.1 Å². The number of aliphatic carboxylic acids is 1. The molecule has 0 saturated heterocycles. The van der Waals surface area contributed by atoms with E-state index >= 15 is 0 Å². The molecule has 6 rings (SSSR count). The lowest BCUT2D eigenvalue weighted by molar-refractivity contribution is -0.140. The number of aromatic nitrogens is 3. The van der Waals surface area contributed by atoms with E-state index in [1.165, 1.54) is 0 Å². The lowest BCUT2D eigenvalue weighted by Crippen LogP contribution is -2.19. The van der Waals surface area contributed by atoms with E-state index in [1.54, 1.807) is 18.2 Å². The summed E-state index contributed by atoms with van der Waals surface area (Å²) < 4.78 is 20.8. The highest BCUT2D eigenvalue weighted by Crippen LogP contribution is 2.48. The Hall–Kier alpha value is -3.88. The number of anilines is 1. The topological polar surface area (TPSA) is 141 Å². The van der Waals surface area contributed by atoms with E-state index in [2.05, 4.69) is 31.5 Å². The first-order chi connectivity index (χ1) is 17.4. The van der Waals surface area contributed by atoms with E-state index in [-0.39, 0.29) is 35.7 Å². The van der Waals surface area contributed by atoms with Gasteiger partial charge in [0.1, 0.15) is 16.9 Å². The van der Waals surface area contributed by atoms with Gasteiger partial charge in [0.05, 0.1) is 11.4 Å². The monoisotopic (exact) mass is 524 g/mol. The zero-order valence-corrected chi connectivity index (χ0v) is 20.1. The van der Waals surface area contributed by atoms with Crippen LogP contribution in [0, 0.1) is 11.8 Å². The van der Waals surface area contributed by atoms with Gasteiger partial charge in [0.2, 0.25) is 11.5 Å². The molecule has 0 spiro atoms. The number of ether oxygens (including phenoxy) is 1. The van der Waals surface area contributed by atoms with Gasteiger partial charge in [0.15, 0.2) is 0 Å². The zero-order chi connectivity index (χ0) is 24.9. The van der Waals surface area contributed by atoms with Gasteiger partial charge in [-0.25, -0.2) is 4.79 Å². The van der Waals surface area contributed by atoms with Gasteiger partial charge in [0.25, 0.3) is 5.89 Å². The number of benzene rings is 1. The first kappa shape index (κ1) is 22.6. The largest absolute Gasteiger partial charge is 0.480 e. The van der Waals surface area contributed by atoms with Gasteiger partial charge in [-0.1, -0.05) is 29.8 Å². The summed E-state index contributed by atoms with van der Waals surface area (Å²) in [6, 6.07) is 7.13. The SMILES string of the molecule is O=C(Nc1c(C2CC2)nsc1C#Cc1nc2nc(C3(C(=O)O)CC3)oc2o1)OCc1ccccc1Cl. The first-order valence-corrected chi connectivity index (χ1v) is 12.3. The van der Waals surface area contributed by atoms with Crippen molar-refractivity contribution in [1.82, 2.24) is 14.3 Å². The Bertz CT molecular complexity index is 1540. The number of rotatable bonds is 6. The number of halogens is 1. The van der Waals surface area contributed by atoms with Crippen molar-refractivity contribution in [3.63, 3.8) is 0 Å². The van der Waals surface area contributed by atoms with Crippen molar-refractivity contribution in [2.75, 3.05) is 5.32 Å². The first-order valence-electron chi connectivity index (χ1n) is 11.1. The summed E-state index contributed by atoms with van der Waals surface area (Å²) in [5.74, 6) is 5.20. The third-order valence-corrected chi connectivity index (χ3v) is 7.20. The van der Waals surface area contributed by atoms with E-state index in [4.69, 9.17) is 25.2 Å². The molecule has 36 heavy (non-hydrogen) atoms. The van der Waals surface area contributed by atoms with Crippen molar-refractivity contribution >= 4 is 52.3 Å². The molecule has 0 unspecified atom stereocenters. The quantitative estimate of drug-likeness (QED) is 0.331. The number of carboxylic acid groups (broad SMARTS) is 1. The second-order valence-corrected chi connectivity index (χ2v) is 9.81. The molecule has 10 nitrogen and oxygen atoms in total. The fraction of sp³-hybridized carbons (Fsp3) is 0.292. The summed E-state index contributed by atoms with van der Waals surface area (Å²) in [6.07, 6.45) is 2.26. The van der Waals surface area contributed by atoms with Crippen LogP contribution < -0.4 is 5.32 Å². The molecule has 1 aromatic carbocycles. The van der Waals surface area contributed by atoms with Crippen molar-refractivity contribution in [3.8, 4) is 11.8 Å². The molecular weight excluding hydrogens is 508 g/mol. The molecule has 0 atom stereocenters. The molecule has 2 fully saturated rings. The third kappa shape index (κ3) is 4.19. The van der Waals surface area contributed by atoms with Crippen LogP contribution in [0.25, 0.3) is 11.4 Å². The second kappa shape index (κ2) is 8.65. The predicted octanol–water partition coefficient (Wildman–Crippen LogP) is 5.07. The van der Waals surface area contributed by atoms with Crippen LogP contribution in [0.2, 0.25) is 5.02 Å². The number of carbonyl (C=O) groups excluding carboxylic acids is 1. The number of nitrogens with zero attached hydrogens (tertiary/aromatic N) is 3. The average Bonchev–Trinajstić information content (AvgIpc) is 3.75. The minimum absolute atomic E-state index is 0.0197. The van der Waals surface area contributed by atoms with Crippen molar-refractivity contribution in [1.29, 1.82) is 0 Å². The molecule has 4 aromatic rings. The maximum atomic E-state index is 12.5. The zero-order valence-electron chi connectivity index (χ0n) is 18.5. The molecule has 0 radical (unpaired) electrons. The smallest absolute Gasteiger partial charge is 0.412 e. The van der Waals surface area contributed by atoms with Crippen molar-refractivity contribution < 1.29 is 28.3 Å². The molecular formula is C24H17ClN4O6S. The highest BCUT2D eigenvalue weighted by Gasteiger charge is 2.56.